The minimum absolute atomic E-state index is 0.0594. The van der Waals surface area contributed by atoms with E-state index in [-0.39, 0.29) is 5.91 Å². The molecule has 0 radical (unpaired) electrons. The maximum absolute atomic E-state index is 12.0. The Morgan fingerprint density at radius 2 is 2.05 bits per heavy atom. The summed E-state index contributed by atoms with van der Waals surface area (Å²) in [6.45, 7) is 7.46. The van der Waals surface area contributed by atoms with Gasteiger partial charge in [-0.1, -0.05) is 35.9 Å². The molecule has 0 saturated carbocycles. The number of likely N-dealkylation sites (tertiary alicyclic amines) is 1. The minimum Gasteiger partial charge on any atom is -0.339 e. The smallest absolute Gasteiger partial charge is 0.246 e. The van der Waals surface area contributed by atoms with Crippen molar-refractivity contribution in [2.45, 2.75) is 19.8 Å². The molecule has 100 valence electrons. The molecule has 1 amide bonds. The lowest BCUT2D eigenvalue weighted by Crippen LogP contribution is -2.34. The first-order valence-corrected chi connectivity index (χ1v) is 6.84. The number of hydrogen-bond donors (Lipinski definition) is 0. The van der Waals surface area contributed by atoms with Gasteiger partial charge < -0.3 is 4.90 Å². The van der Waals surface area contributed by atoms with Crippen LogP contribution in [-0.2, 0) is 4.79 Å². The Balaban J connectivity index is 1.99. The van der Waals surface area contributed by atoms with Gasteiger partial charge in [-0.2, -0.15) is 0 Å². The van der Waals surface area contributed by atoms with Crippen LogP contribution in [0.3, 0.4) is 0 Å². The van der Waals surface area contributed by atoms with Crippen molar-refractivity contribution in [1.29, 1.82) is 0 Å². The van der Waals surface area contributed by atoms with E-state index in [1.165, 1.54) is 5.57 Å². The van der Waals surface area contributed by atoms with Crippen LogP contribution in [0.5, 0.6) is 0 Å². The number of rotatable bonds is 2. The third kappa shape index (κ3) is 3.71. The van der Waals surface area contributed by atoms with Crippen LogP contribution in [-0.4, -0.2) is 23.9 Å². The summed E-state index contributed by atoms with van der Waals surface area (Å²) >= 11 is 6.05. The fraction of sp³-hybridized carbons (Fsp3) is 0.312. The predicted octanol–water partition coefficient (Wildman–Crippen LogP) is 3.84. The second-order valence-corrected chi connectivity index (χ2v) is 5.32. The number of nitrogens with zero attached hydrogens (tertiary/aromatic N) is 1. The van der Waals surface area contributed by atoms with Gasteiger partial charge in [0.15, 0.2) is 0 Å². The quantitative estimate of drug-likeness (QED) is 0.593. The van der Waals surface area contributed by atoms with E-state index in [0.717, 1.165) is 42.1 Å². The Morgan fingerprint density at radius 1 is 1.37 bits per heavy atom. The zero-order valence-electron chi connectivity index (χ0n) is 11.2. The Bertz CT molecular complexity index is 524. The molecule has 2 nitrogen and oxygen atoms in total. The van der Waals surface area contributed by atoms with Crippen molar-refractivity contribution < 1.29 is 4.79 Å². The molecule has 2 rings (SSSR count). The van der Waals surface area contributed by atoms with Crippen molar-refractivity contribution in [3.05, 3.63) is 52.6 Å². The van der Waals surface area contributed by atoms with E-state index in [4.69, 9.17) is 11.6 Å². The Hall–Kier alpha value is -1.54. The molecule has 1 aliphatic heterocycles. The summed E-state index contributed by atoms with van der Waals surface area (Å²) in [7, 11) is 0. The lowest BCUT2D eigenvalue weighted by Gasteiger charge is -2.26. The highest BCUT2D eigenvalue weighted by Crippen LogP contribution is 2.18. The molecule has 1 saturated heterocycles. The van der Waals surface area contributed by atoms with Crippen molar-refractivity contribution in [3.63, 3.8) is 0 Å². The second-order valence-electron chi connectivity index (χ2n) is 4.92. The lowest BCUT2D eigenvalue weighted by atomic mass is 10.1. The van der Waals surface area contributed by atoms with E-state index < -0.39 is 0 Å². The molecule has 1 fully saturated rings. The molecule has 1 heterocycles. The fourth-order valence-electron chi connectivity index (χ4n) is 2.03. The Kier molecular flexibility index (Phi) is 4.43. The van der Waals surface area contributed by atoms with E-state index in [9.17, 15) is 4.79 Å². The van der Waals surface area contributed by atoms with Crippen molar-refractivity contribution in [2.24, 2.45) is 0 Å². The highest BCUT2D eigenvalue weighted by molar-refractivity contribution is 6.31. The van der Waals surface area contributed by atoms with E-state index in [1.54, 1.807) is 6.08 Å². The molecule has 0 N–H and O–H groups in total. The number of carbonyl (C=O) groups excluding carboxylic acids is 1. The molecule has 0 spiro atoms. The molecule has 1 aromatic carbocycles. The molecule has 0 aromatic heterocycles. The van der Waals surface area contributed by atoms with E-state index in [0.29, 0.717) is 0 Å². The van der Waals surface area contributed by atoms with Gasteiger partial charge in [-0.25, -0.2) is 0 Å². The fourth-order valence-corrected chi connectivity index (χ4v) is 2.22. The standard InChI is InChI=1S/C16H18ClNO/c1-12-7-9-18(10-8-12)16(19)6-5-14-4-3-13(2)15(17)11-14/h3-6,11H,1,7-10H2,2H3/b6-5+. The van der Waals surface area contributed by atoms with Crippen molar-refractivity contribution in [2.75, 3.05) is 13.1 Å². The summed E-state index contributed by atoms with van der Waals surface area (Å²) in [6.07, 6.45) is 5.26. The molecular weight excluding hydrogens is 258 g/mol. The first-order chi connectivity index (χ1) is 9.06. The number of hydrogen-bond acceptors (Lipinski definition) is 1. The molecule has 1 aromatic rings. The minimum atomic E-state index is 0.0594. The average Bonchev–Trinajstić information content (AvgIpc) is 2.40. The zero-order chi connectivity index (χ0) is 13.8. The van der Waals surface area contributed by atoms with Crippen LogP contribution in [0.15, 0.2) is 36.4 Å². The third-order valence-corrected chi connectivity index (χ3v) is 3.80. The molecular formula is C16H18ClNO. The average molecular weight is 276 g/mol. The second kappa shape index (κ2) is 6.07. The van der Waals surface area contributed by atoms with Crippen LogP contribution in [0.25, 0.3) is 6.08 Å². The molecule has 19 heavy (non-hydrogen) atoms. The molecule has 3 heteroatoms. The number of aryl methyl sites for hydroxylation is 1. The summed E-state index contributed by atoms with van der Waals surface area (Å²) in [6, 6.07) is 5.79. The van der Waals surface area contributed by atoms with Crippen LogP contribution < -0.4 is 0 Å². The molecule has 0 bridgehead atoms. The van der Waals surface area contributed by atoms with Gasteiger partial charge in [-0.3, -0.25) is 4.79 Å². The summed E-state index contributed by atoms with van der Waals surface area (Å²) in [4.78, 5) is 13.9. The SMILES string of the molecule is C=C1CCN(C(=O)/C=C/c2ccc(C)c(Cl)c2)CC1. The van der Waals surface area contributed by atoms with Crippen molar-refractivity contribution in [1.82, 2.24) is 4.90 Å². The Labute approximate surface area is 119 Å². The zero-order valence-corrected chi connectivity index (χ0v) is 11.9. The summed E-state index contributed by atoms with van der Waals surface area (Å²) in [5.41, 5.74) is 3.23. The number of halogens is 1. The van der Waals surface area contributed by atoms with E-state index >= 15 is 0 Å². The first-order valence-electron chi connectivity index (χ1n) is 6.46. The van der Waals surface area contributed by atoms with Gasteiger partial charge >= 0.3 is 0 Å². The third-order valence-electron chi connectivity index (χ3n) is 3.40. The molecule has 0 aliphatic carbocycles. The van der Waals surface area contributed by atoms with Gasteiger partial charge in [0.05, 0.1) is 0 Å². The maximum atomic E-state index is 12.0. The highest BCUT2D eigenvalue weighted by atomic mass is 35.5. The van der Waals surface area contributed by atoms with Crippen LogP contribution >= 0.6 is 11.6 Å². The van der Waals surface area contributed by atoms with Gasteiger partial charge in [0, 0.05) is 24.2 Å². The summed E-state index contributed by atoms with van der Waals surface area (Å²) in [5.74, 6) is 0.0594. The lowest BCUT2D eigenvalue weighted by molar-refractivity contribution is -0.126. The predicted molar refractivity (Wildman–Crippen MR) is 80.2 cm³/mol. The van der Waals surface area contributed by atoms with Gasteiger partial charge in [0.1, 0.15) is 0 Å². The first kappa shape index (κ1) is 13.9. The van der Waals surface area contributed by atoms with Crippen LogP contribution in [0.2, 0.25) is 5.02 Å². The number of piperidine rings is 1. The normalized spacial score (nSPS) is 16.1. The van der Waals surface area contributed by atoms with Crippen LogP contribution in [0.1, 0.15) is 24.0 Å². The molecule has 0 unspecified atom stereocenters. The van der Waals surface area contributed by atoms with Gasteiger partial charge in [-0.05, 0) is 43.0 Å². The van der Waals surface area contributed by atoms with Gasteiger partial charge in [-0.15, -0.1) is 0 Å². The monoisotopic (exact) mass is 275 g/mol. The maximum Gasteiger partial charge on any atom is 0.246 e. The largest absolute Gasteiger partial charge is 0.339 e. The molecule has 1 aliphatic rings. The molecule has 0 atom stereocenters. The van der Waals surface area contributed by atoms with Gasteiger partial charge in [0.25, 0.3) is 0 Å². The van der Waals surface area contributed by atoms with Crippen molar-refractivity contribution >= 4 is 23.6 Å². The number of carbonyl (C=O) groups is 1. The van der Waals surface area contributed by atoms with Crippen LogP contribution in [0, 0.1) is 6.92 Å². The Morgan fingerprint density at radius 3 is 2.68 bits per heavy atom. The van der Waals surface area contributed by atoms with E-state index in [2.05, 4.69) is 6.58 Å². The van der Waals surface area contributed by atoms with Gasteiger partial charge in [0.2, 0.25) is 5.91 Å². The topological polar surface area (TPSA) is 20.3 Å². The van der Waals surface area contributed by atoms with E-state index in [1.807, 2.05) is 36.1 Å². The summed E-state index contributed by atoms with van der Waals surface area (Å²) in [5, 5.41) is 0.726. The van der Waals surface area contributed by atoms with Crippen LogP contribution in [0.4, 0.5) is 0 Å². The summed E-state index contributed by atoms with van der Waals surface area (Å²) < 4.78 is 0. The highest BCUT2D eigenvalue weighted by Gasteiger charge is 2.15. The van der Waals surface area contributed by atoms with Crippen molar-refractivity contribution in [3.8, 4) is 0 Å². The number of amides is 1. The number of benzene rings is 1.